The van der Waals surface area contributed by atoms with Crippen LogP contribution in [0.1, 0.15) is 5.56 Å². The number of benzene rings is 2. The molecule has 0 unspecified atom stereocenters. The van der Waals surface area contributed by atoms with Crippen molar-refractivity contribution >= 4 is 17.3 Å². The zero-order valence-electron chi connectivity index (χ0n) is 9.21. The Bertz CT molecular complexity index is 557. The lowest BCUT2D eigenvalue weighted by molar-refractivity contribution is 0.479. The lowest BCUT2D eigenvalue weighted by Crippen LogP contribution is -1.93. The highest BCUT2D eigenvalue weighted by Crippen LogP contribution is 2.31. The van der Waals surface area contributed by atoms with E-state index in [1.54, 1.807) is 31.2 Å². The molecule has 0 fully saturated rings. The Morgan fingerprint density at radius 2 is 1.88 bits per heavy atom. The van der Waals surface area contributed by atoms with Crippen molar-refractivity contribution in [3.63, 3.8) is 0 Å². The summed E-state index contributed by atoms with van der Waals surface area (Å²) in [5.41, 5.74) is 6.94. The average Bonchev–Trinajstić information content (AvgIpc) is 2.27. The normalized spacial score (nSPS) is 10.3. The van der Waals surface area contributed by atoms with Crippen LogP contribution in [-0.2, 0) is 0 Å². The van der Waals surface area contributed by atoms with Gasteiger partial charge in [-0.1, -0.05) is 11.6 Å². The second-order valence-electron chi connectivity index (χ2n) is 3.69. The van der Waals surface area contributed by atoms with Gasteiger partial charge in [0.2, 0.25) is 0 Å². The van der Waals surface area contributed by atoms with Crippen LogP contribution in [0.4, 0.5) is 10.1 Å². The molecule has 0 aromatic heterocycles. The second-order valence-corrected chi connectivity index (χ2v) is 4.13. The number of nitrogen functional groups attached to an aromatic ring is 1. The Kier molecular flexibility index (Phi) is 3.20. The Hall–Kier alpha value is -1.74. The van der Waals surface area contributed by atoms with Crippen LogP contribution in [0.5, 0.6) is 11.5 Å². The summed E-state index contributed by atoms with van der Waals surface area (Å²) in [5.74, 6) is 0.724. The first-order valence-electron chi connectivity index (χ1n) is 5.05. The van der Waals surface area contributed by atoms with E-state index in [4.69, 9.17) is 22.1 Å². The van der Waals surface area contributed by atoms with Gasteiger partial charge >= 0.3 is 0 Å². The topological polar surface area (TPSA) is 35.2 Å². The number of ether oxygens (including phenoxy) is 1. The Morgan fingerprint density at radius 1 is 1.12 bits per heavy atom. The molecular formula is C13H11ClFNO. The molecule has 0 radical (unpaired) electrons. The predicted octanol–water partition coefficient (Wildman–Crippen LogP) is 4.16. The summed E-state index contributed by atoms with van der Waals surface area (Å²) in [6, 6.07) is 9.27. The number of hydrogen-bond acceptors (Lipinski definition) is 2. The fourth-order valence-corrected chi connectivity index (χ4v) is 1.60. The van der Waals surface area contributed by atoms with Crippen molar-refractivity contribution in [1.29, 1.82) is 0 Å². The van der Waals surface area contributed by atoms with Gasteiger partial charge in [0, 0.05) is 11.1 Å². The minimum Gasteiger partial charge on any atom is -0.455 e. The first-order valence-corrected chi connectivity index (χ1v) is 5.43. The molecule has 0 atom stereocenters. The summed E-state index contributed by atoms with van der Waals surface area (Å²) >= 11 is 5.85. The number of nitrogens with two attached hydrogens (primary N) is 1. The lowest BCUT2D eigenvalue weighted by atomic mass is 10.2. The smallest absolute Gasteiger partial charge is 0.151 e. The van der Waals surface area contributed by atoms with E-state index in [9.17, 15) is 4.39 Å². The minimum absolute atomic E-state index is 0.297. The molecule has 0 spiro atoms. The van der Waals surface area contributed by atoms with E-state index in [0.29, 0.717) is 27.8 Å². The van der Waals surface area contributed by atoms with Gasteiger partial charge in [-0.05, 0) is 42.8 Å². The van der Waals surface area contributed by atoms with E-state index in [1.807, 2.05) is 0 Å². The van der Waals surface area contributed by atoms with Crippen molar-refractivity contribution in [2.75, 3.05) is 5.73 Å². The Balaban J connectivity index is 2.34. The van der Waals surface area contributed by atoms with Crippen LogP contribution < -0.4 is 10.5 Å². The summed E-state index contributed by atoms with van der Waals surface area (Å²) in [4.78, 5) is 0. The third-order valence-electron chi connectivity index (χ3n) is 2.33. The summed E-state index contributed by atoms with van der Waals surface area (Å²) in [6.45, 7) is 1.76. The highest BCUT2D eigenvalue weighted by molar-refractivity contribution is 6.30. The highest BCUT2D eigenvalue weighted by atomic mass is 35.5. The molecule has 0 aliphatic carbocycles. The molecular weight excluding hydrogens is 241 g/mol. The van der Waals surface area contributed by atoms with Gasteiger partial charge in [0.15, 0.2) is 5.75 Å². The quantitative estimate of drug-likeness (QED) is 0.814. The van der Waals surface area contributed by atoms with Crippen molar-refractivity contribution in [1.82, 2.24) is 0 Å². The van der Waals surface area contributed by atoms with Crippen LogP contribution in [0.15, 0.2) is 36.4 Å². The molecule has 0 saturated heterocycles. The van der Waals surface area contributed by atoms with Gasteiger partial charge in [-0.3, -0.25) is 0 Å². The van der Waals surface area contributed by atoms with Gasteiger partial charge in [0.1, 0.15) is 11.6 Å². The molecule has 2 aromatic carbocycles. The maximum atomic E-state index is 12.9. The van der Waals surface area contributed by atoms with E-state index >= 15 is 0 Å². The van der Waals surface area contributed by atoms with Crippen molar-refractivity contribution in [3.8, 4) is 11.5 Å². The minimum atomic E-state index is -0.297. The molecule has 2 aromatic rings. The number of anilines is 1. The van der Waals surface area contributed by atoms with E-state index in [1.165, 1.54) is 12.1 Å². The molecule has 0 saturated carbocycles. The van der Waals surface area contributed by atoms with Crippen molar-refractivity contribution in [3.05, 3.63) is 52.8 Å². The molecule has 0 aliphatic heterocycles. The molecule has 0 amide bonds. The van der Waals surface area contributed by atoms with Crippen LogP contribution in [0, 0.1) is 12.7 Å². The number of rotatable bonds is 2. The lowest BCUT2D eigenvalue weighted by Gasteiger charge is -2.10. The Morgan fingerprint density at radius 3 is 2.59 bits per heavy atom. The molecule has 2 N–H and O–H groups in total. The molecule has 4 heteroatoms. The summed E-state index contributed by atoms with van der Waals surface area (Å²) in [5, 5.41) is 0.536. The number of hydrogen-bond donors (Lipinski definition) is 1. The molecule has 0 aliphatic rings. The van der Waals surface area contributed by atoms with Gasteiger partial charge in [0.05, 0.1) is 5.69 Å². The predicted molar refractivity (Wildman–Crippen MR) is 67.1 cm³/mol. The number of halogens is 2. The van der Waals surface area contributed by atoms with E-state index in [2.05, 4.69) is 0 Å². The van der Waals surface area contributed by atoms with Crippen LogP contribution in [0.3, 0.4) is 0 Å². The van der Waals surface area contributed by atoms with Crippen molar-refractivity contribution in [2.45, 2.75) is 6.92 Å². The van der Waals surface area contributed by atoms with E-state index in [-0.39, 0.29) is 5.82 Å². The maximum absolute atomic E-state index is 12.9. The van der Waals surface area contributed by atoms with Crippen molar-refractivity contribution in [2.24, 2.45) is 0 Å². The maximum Gasteiger partial charge on any atom is 0.151 e. The van der Waals surface area contributed by atoms with Gasteiger partial charge in [-0.25, -0.2) is 4.39 Å². The molecule has 0 bridgehead atoms. The SMILES string of the molecule is Cc1cc(F)ccc1Oc1cc(Cl)ccc1N. The van der Waals surface area contributed by atoms with Crippen LogP contribution in [0.2, 0.25) is 5.02 Å². The summed E-state index contributed by atoms with van der Waals surface area (Å²) in [7, 11) is 0. The monoisotopic (exact) mass is 251 g/mol. The van der Waals surface area contributed by atoms with E-state index < -0.39 is 0 Å². The first-order chi connectivity index (χ1) is 8.06. The van der Waals surface area contributed by atoms with Gasteiger partial charge in [-0.15, -0.1) is 0 Å². The van der Waals surface area contributed by atoms with Crippen LogP contribution in [-0.4, -0.2) is 0 Å². The van der Waals surface area contributed by atoms with Crippen LogP contribution in [0.25, 0.3) is 0 Å². The summed E-state index contributed by atoms with van der Waals surface area (Å²) < 4.78 is 18.5. The van der Waals surface area contributed by atoms with Gasteiger partial charge < -0.3 is 10.5 Å². The fourth-order valence-electron chi connectivity index (χ4n) is 1.44. The molecule has 2 rings (SSSR count). The third-order valence-corrected chi connectivity index (χ3v) is 2.57. The average molecular weight is 252 g/mol. The zero-order valence-corrected chi connectivity index (χ0v) is 9.96. The standard InChI is InChI=1S/C13H11ClFNO/c1-8-6-10(15)3-5-12(8)17-13-7-9(14)2-4-11(13)16/h2-7H,16H2,1H3. The summed E-state index contributed by atoms with van der Waals surface area (Å²) in [6.07, 6.45) is 0. The van der Waals surface area contributed by atoms with Crippen molar-refractivity contribution < 1.29 is 9.13 Å². The zero-order chi connectivity index (χ0) is 12.4. The van der Waals surface area contributed by atoms with Gasteiger partial charge in [-0.2, -0.15) is 0 Å². The fraction of sp³-hybridized carbons (Fsp3) is 0.0769. The van der Waals surface area contributed by atoms with Crippen LogP contribution >= 0.6 is 11.6 Å². The second kappa shape index (κ2) is 4.63. The highest BCUT2D eigenvalue weighted by Gasteiger charge is 2.06. The molecule has 88 valence electrons. The largest absolute Gasteiger partial charge is 0.455 e. The molecule has 2 nitrogen and oxygen atoms in total. The first kappa shape index (κ1) is 11.7. The number of aryl methyl sites for hydroxylation is 1. The van der Waals surface area contributed by atoms with E-state index in [0.717, 1.165) is 0 Å². The molecule has 0 heterocycles. The third kappa shape index (κ3) is 2.68. The van der Waals surface area contributed by atoms with Gasteiger partial charge in [0.25, 0.3) is 0 Å². The molecule has 17 heavy (non-hydrogen) atoms. The Labute approximate surface area is 104 Å².